The molecule has 0 bridgehead atoms. The lowest BCUT2D eigenvalue weighted by Gasteiger charge is -2.19. The fourth-order valence-corrected chi connectivity index (χ4v) is 1.98. The molecule has 0 unspecified atom stereocenters. The van der Waals surface area contributed by atoms with Crippen molar-refractivity contribution >= 4 is 12.0 Å². The number of rotatable bonds is 8. The molecule has 0 spiro atoms. The number of hydrogen-bond donors (Lipinski definition) is 2. The average Bonchev–Trinajstić information content (AvgIpc) is 2.50. The van der Waals surface area contributed by atoms with Crippen molar-refractivity contribution in [3.05, 3.63) is 35.9 Å². The van der Waals surface area contributed by atoms with Gasteiger partial charge in [-0.3, -0.25) is 4.79 Å². The van der Waals surface area contributed by atoms with Crippen LogP contribution in [0.2, 0.25) is 0 Å². The molecule has 2 N–H and O–H groups in total. The van der Waals surface area contributed by atoms with Crippen LogP contribution >= 0.6 is 0 Å². The third-order valence-electron chi connectivity index (χ3n) is 3.08. The molecule has 22 heavy (non-hydrogen) atoms. The number of nitrogens with one attached hydrogen (secondary N) is 2. The number of hydrogen-bond acceptors (Lipinski definition) is 3. The zero-order valence-electron chi connectivity index (χ0n) is 13.6. The van der Waals surface area contributed by atoms with Gasteiger partial charge in [-0.15, -0.1) is 0 Å². The molecule has 5 nitrogen and oxygen atoms in total. The summed E-state index contributed by atoms with van der Waals surface area (Å²) in [5.74, 6) is 0.138. The van der Waals surface area contributed by atoms with Gasteiger partial charge in [0.25, 0.3) is 0 Å². The fourth-order valence-electron chi connectivity index (χ4n) is 1.98. The maximum absolute atomic E-state index is 12.1. The van der Waals surface area contributed by atoms with Crippen LogP contribution in [-0.2, 0) is 16.1 Å². The van der Waals surface area contributed by atoms with Crippen LogP contribution in [-0.4, -0.2) is 24.6 Å². The molecule has 0 heterocycles. The molecule has 5 heteroatoms. The van der Waals surface area contributed by atoms with E-state index >= 15 is 0 Å². The lowest BCUT2D eigenvalue weighted by molar-refractivity contribution is -0.123. The lowest BCUT2D eigenvalue weighted by atomic mass is 10.0. The average molecular weight is 306 g/mol. The lowest BCUT2D eigenvalue weighted by Crippen LogP contribution is -2.47. The SMILES string of the molecule is CCCNC(=O)[C@H](CC(C)C)NC(=O)OCc1ccccc1. The van der Waals surface area contributed by atoms with Gasteiger partial charge in [0.2, 0.25) is 5.91 Å². The second-order valence-electron chi connectivity index (χ2n) is 5.68. The summed E-state index contributed by atoms with van der Waals surface area (Å²) < 4.78 is 5.16. The van der Waals surface area contributed by atoms with Gasteiger partial charge in [0.15, 0.2) is 0 Å². The highest BCUT2D eigenvalue weighted by Crippen LogP contribution is 2.06. The highest BCUT2D eigenvalue weighted by atomic mass is 16.5. The summed E-state index contributed by atoms with van der Waals surface area (Å²) in [5.41, 5.74) is 0.911. The number of carbonyl (C=O) groups is 2. The Morgan fingerprint density at radius 3 is 2.45 bits per heavy atom. The van der Waals surface area contributed by atoms with Crippen molar-refractivity contribution in [2.45, 2.75) is 46.3 Å². The second-order valence-corrected chi connectivity index (χ2v) is 5.68. The van der Waals surface area contributed by atoms with Gasteiger partial charge in [-0.2, -0.15) is 0 Å². The molecule has 0 saturated carbocycles. The van der Waals surface area contributed by atoms with Gasteiger partial charge in [0, 0.05) is 6.54 Å². The van der Waals surface area contributed by atoms with Crippen molar-refractivity contribution in [1.29, 1.82) is 0 Å². The zero-order valence-corrected chi connectivity index (χ0v) is 13.6. The minimum absolute atomic E-state index is 0.160. The Hall–Kier alpha value is -2.04. The number of carbonyl (C=O) groups excluding carboxylic acids is 2. The fraction of sp³-hybridized carbons (Fsp3) is 0.529. The molecule has 0 aliphatic rings. The van der Waals surface area contributed by atoms with Gasteiger partial charge in [0.05, 0.1) is 0 Å². The number of alkyl carbamates (subject to hydrolysis) is 1. The summed E-state index contributed by atoms with van der Waals surface area (Å²) in [5, 5.41) is 5.46. The number of amides is 2. The van der Waals surface area contributed by atoms with Crippen molar-refractivity contribution in [1.82, 2.24) is 10.6 Å². The molecular formula is C17H26N2O3. The van der Waals surface area contributed by atoms with Crippen LogP contribution in [0.25, 0.3) is 0 Å². The molecule has 122 valence electrons. The highest BCUT2D eigenvalue weighted by molar-refractivity contribution is 5.85. The van der Waals surface area contributed by atoms with E-state index in [2.05, 4.69) is 10.6 Å². The molecule has 1 rings (SSSR count). The van der Waals surface area contributed by atoms with Crippen LogP contribution in [0, 0.1) is 5.92 Å². The van der Waals surface area contributed by atoms with Gasteiger partial charge < -0.3 is 15.4 Å². The van der Waals surface area contributed by atoms with E-state index in [1.165, 1.54) is 0 Å². The monoisotopic (exact) mass is 306 g/mol. The first-order valence-corrected chi connectivity index (χ1v) is 7.77. The highest BCUT2D eigenvalue weighted by Gasteiger charge is 2.22. The van der Waals surface area contributed by atoms with Gasteiger partial charge in [-0.05, 0) is 24.3 Å². The van der Waals surface area contributed by atoms with Gasteiger partial charge in [-0.1, -0.05) is 51.1 Å². The quantitative estimate of drug-likeness (QED) is 0.776. The summed E-state index contributed by atoms with van der Waals surface area (Å²) in [4.78, 5) is 23.9. The first-order valence-electron chi connectivity index (χ1n) is 7.77. The molecule has 0 saturated heterocycles. The largest absolute Gasteiger partial charge is 0.445 e. The van der Waals surface area contributed by atoms with Crippen molar-refractivity contribution in [2.24, 2.45) is 5.92 Å². The summed E-state index contributed by atoms with van der Waals surface area (Å²) in [6, 6.07) is 8.88. The van der Waals surface area contributed by atoms with E-state index in [1.807, 2.05) is 51.1 Å². The van der Waals surface area contributed by atoms with Gasteiger partial charge in [0.1, 0.15) is 12.6 Å². The standard InChI is InChI=1S/C17H26N2O3/c1-4-10-18-16(20)15(11-13(2)3)19-17(21)22-12-14-8-6-5-7-9-14/h5-9,13,15H,4,10-12H2,1-3H3,(H,18,20)(H,19,21)/t15-/m0/s1. The maximum Gasteiger partial charge on any atom is 0.408 e. The van der Waals surface area contributed by atoms with E-state index in [4.69, 9.17) is 4.74 Å². The Labute approximate surface area is 132 Å². The number of ether oxygens (including phenoxy) is 1. The molecule has 1 atom stereocenters. The molecule has 1 aromatic carbocycles. The number of benzene rings is 1. The summed E-state index contributed by atoms with van der Waals surface area (Å²) in [6.07, 6.45) is 0.871. The van der Waals surface area contributed by atoms with Crippen LogP contribution in [0.3, 0.4) is 0 Å². The second kappa shape index (κ2) is 9.82. The summed E-state index contributed by atoms with van der Waals surface area (Å²) in [6.45, 7) is 6.80. The predicted octanol–water partition coefficient (Wildman–Crippen LogP) is 2.85. The van der Waals surface area contributed by atoms with Crippen molar-refractivity contribution in [2.75, 3.05) is 6.54 Å². The van der Waals surface area contributed by atoms with E-state index in [1.54, 1.807) is 0 Å². The molecule has 1 aromatic rings. The van der Waals surface area contributed by atoms with Gasteiger partial charge >= 0.3 is 6.09 Å². The van der Waals surface area contributed by atoms with E-state index in [0.29, 0.717) is 18.9 Å². The Morgan fingerprint density at radius 1 is 1.18 bits per heavy atom. The van der Waals surface area contributed by atoms with Crippen LogP contribution in [0.4, 0.5) is 4.79 Å². The Morgan fingerprint density at radius 2 is 1.86 bits per heavy atom. The normalized spacial score (nSPS) is 11.8. The van der Waals surface area contributed by atoms with Crippen LogP contribution in [0.5, 0.6) is 0 Å². The Kier molecular flexibility index (Phi) is 8.04. The summed E-state index contributed by atoms with van der Waals surface area (Å²) >= 11 is 0. The Bertz CT molecular complexity index is 460. The molecule has 0 aromatic heterocycles. The first kappa shape index (κ1) is 18.0. The van der Waals surface area contributed by atoms with Crippen LogP contribution in [0.15, 0.2) is 30.3 Å². The molecule has 0 fully saturated rings. The van der Waals surface area contributed by atoms with E-state index in [9.17, 15) is 9.59 Å². The predicted molar refractivity (Wildman–Crippen MR) is 86.3 cm³/mol. The van der Waals surface area contributed by atoms with E-state index < -0.39 is 12.1 Å². The summed E-state index contributed by atoms with van der Waals surface area (Å²) in [7, 11) is 0. The van der Waals surface area contributed by atoms with Gasteiger partial charge in [-0.25, -0.2) is 4.79 Å². The smallest absolute Gasteiger partial charge is 0.408 e. The third-order valence-corrected chi connectivity index (χ3v) is 3.08. The van der Waals surface area contributed by atoms with Crippen molar-refractivity contribution in [3.8, 4) is 0 Å². The van der Waals surface area contributed by atoms with Crippen LogP contribution in [0.1, 0.15) is 39.2 Å². The van der Waals surface area contributed by atoms with E-state index in [0.717, 1.165) is 12.0 Å². The first-order chi connectivity index (χ1) is 10.5. The third kappa shape index (κ3) is 7.11. The Balaban J connectivity index is 2.49. The molecular weight excluding hydrogens is 280 g/mol. The molecule has 0 radical (unpaired) electrons. The van der Waals surface area contributed by atoms with E-state index in [-0.39, 0.29) is 12.5 Å². The zero-order chi connectivity index (χ0) is 16.4. The van der Waals surface area contributed by atoms with Crippen molar-refractivity contribution < 1.29 is 14.3 Å². The molecule has 0 aliphatic carbocycles. The minimum Gasteiger partial charge on any atom is -0.445 e. The van der Waals surface area contributed by atoms with Crippen LogP contribution < -0.4 is 10.6 Å². The minimum atomic E-state index is -0.568. The topological polar surface area (TPSA) is 67.4 Å². The van der Waals surface area contributed by atoms with Crippen molar-refractivity contribution in [3.63, 3.8) is 0 Å². The maximum atomic E-state index is 12.1. The molecule has 0 aliphatic heterocycles. The molecule has 2 amide bonds.